The summed E-state index contributed by atoms with van der Waals surface area (Å²) in [6.07, 6.45) is 0. The third kappa shape index (κ3) is 4.39. The monoisotopic (exact) mass is 432 g/mol. The van der Waals surface area contributed by atoms with Crippen molar-refractivity contribution in [3.63, 3.8) is 0 Å². The highest BCUT2D eigenvalue weighted by Crippen LogP contribution is 2.33. The number of esters is 1. The van der Waals surface area contributed by atoms with Crippen LogP contribution in [0.3, 0.4) is 0 Å². The fraction of sp³-hybridized carbons (Fsp3) is 0.250. The van der Waals surface area contributed by atoms with Gasteiger partial charge in [0.25, 0.3) is 11.8 Å². The maximum absolute atomic E-state index is 12.4. The highest BCUT2D eigenvalue weighted by atomic mass is 16.5. The summed E-state index contributed by atoms with van der Waals surface area (Å²) in [5.74, 6) is 0.552. The maximum atomic E-state index is 12.4. The number of nitrogens with zero attached hydrogens (tertiary/aromatic N) is 4. The minimum atomic E-state index is -0.457. The average Bonchev–Trinajstić information content (AvgIpc) is 3.45. The van der Waals surface area contributed by atoms with Crippen LogP contribution in [0, 0.1) is 6.92 Å². The summed E-state index contributed by atoms with van der Waals surface area (Å²) < 4.78 is 16.4. The van der Waals surface area contributed by atoms with Crippen LogP contribution in [0.5, 0.6) is 0 Å². The zero-order valence-electron chi connectivity index (χ0n) is 18.2. The summed E-state index contributed by atoms with van der Waals surface area (Å²) in [4.78, 5) is 14.6. The zero-order valence-corrected chi connectivity index (χ0v) is 18.2. The molecular weight excluding hydrogens is 408 g/mol. The van der Waals surface area contributed by atoms with E-state index in [9.17, 15) is 4.79 Å². The molecule has 0 fully saturated rings. The number of benzene rings is 2. The number of carbonyl (C=O) groups is 1. The molecule has 2 heterocycles. The molecule has 0 bridgehead atoms. The van der Waals surface area contributed by atoms with E-state index in [-0.39, 0.29) is 18.4 Å². The quantitative estimate of drug-likeness (QED) is 0.363. The van der Waals surface area contributed by atoms with Gasteiger partial charge in [0, 0.05) is 24.3 Å². The maximum Gasteiger partial charge on any atom is 0.338 e. The number of aromatic nitrogens is 3. The molecule has 0 amide bonds. The molecule has 0 unspecified atom stereocenters. The Morgan fingerprint density at radius 1 is 1.00 bits per heavy atom. The van der Waals surface area contributed by atoms with Crippen LogP contribution in [0.1, 0.15) is 35.9 Å². The van der Waals surface area contributed by atoms with Gasteiger partial charge in [0.2, 0.25) is 0 Å². The van der Waals surface area contributed by atoms with Crippen molar-refractivity contribution in [2.24, 2.45) is 0 Å². The van der Waals surface area contributed by atoms with Gasteiger partial charge in [-0.3, -0.25) is 0 Å². The van der Waals surface area contributed by atoms with Crippen LogP contribution in [0.2, 0.25) is 0 Å². The van der Waals surface area contributed by atoms with Gasteiger partial charge in [-0.2, -0.15) is 0 Å². The number of hydrogen-bond acceptors (Lipinski definition) is 8. The molecule has 8 nitrogen and oxygen atoms in total. The van der Waals surface area contributed by atoms with Gasteiger partial charge in [0.05, 0.1) is 5.56 Å². The second-order valence-corrected chi connectivity index (χ2v) is 7.12. The molecule has 0 saturated carbocycles. The minimum absolute atomic E-state index is 0.130. The van der Waals surface area contributed by atoms with Crippen molar-refractivity contribution in [3.05, 3.63) is 71.8 Å². The number of aryl methyl sites for hydroxylation is 1. The van der Waals surface area contributed by atoms with Crippen molar-refractivity contribution < 1.29 is 18.5 Å². The Hall–Kier alpha value is -3.94. The molecule has 0 aliphatic heterocycles. The van der Waals surface area contributed by atoms with E-state index in [0.717, 1.165) is 24.3 Å². The molecule has 0 radical (unpaired) electrons. The number of ether oxygens (including phenoxy) is 1. The molecule has 8 heteroatoms. The van der Waals surface area contributed by atoms with Gasteiger partial charge in [0.1, 0.15) is 17.0 Å². The molecule has 0 N–H and O–H groups in total. The van der Waals surface area contributed by atoms with E-state index in [2.05, 4.69) is 34.1 Å². The van der Waals surface area contributed by atoms with Crippen molar-refractivity contribution in [3.8, 4) is 22.7 Å². The summed E-state index contributed by atoms with van der Waals surface area (Å²) in [5, 5.41) is 12.2. The summed E-state index contributed by atoms with van der Waals surface area (Å²) in [6, 6.07) is 16.9. The van der Waals surface area contributed by atoms with E-state index in [1.807, 2.05) is 42.5 Å². The Morgan fingerprint density at radius 2 is 1.72 bits per heavy atom. The second-order valence-electron chi connectivity index (χ2n) is 7.12. The molecule has 2 aromatic carbocycles. The summed E-state index contributed by atoms with van der Waals surface area (Å²) >= 11 is 0. The molecule has 0 aliphatic rings. The lowest BCUT2D eigenvalue weighted by Gasteiger charge is -2.20. The number of rotatable bonds is 8. The standard InChI is InChI=1S/C24H24N4O4/c1-4-28(5-2)19-13-11-18(12-14-19)24(29)30-15-20-25-26-23(31-20)21-16(3)32-27-22(21)17-9-7-6-8-10-17/h6-14H,4-5,15H2,1-3H3. The SMILES string of the molecule is CCN(CC)c1ccc(C(=O)OCc2nnc(-c3c(-c4ccccc4)noc3C)o2)cc1. The third-order valence-electron chi connectivity index (χ3n) is 5.15. The lowest BCUT2D eigenvalue weighted by Crippen LogP contribution is -2.21. The number of hydrogen-bond donors (Lipinski definition) is 0. The highest BCUT2D eigenvalue weighted by molar-refractivity contribution is 5.89. The zero-order chi connectivity index (χ0) is 22.5. The normalized spacial score (nSPS) is 10.8. The fourth-order valence-corrected chi connectivity index (χ4v) is 3.44. The van der Waals surface area contributed by atoms with Crippen molar-refractivity contribution in [1.82, 2.24) is 15.4 Å². The van der Waals surface area contributed by atoms with E-state index in [4.69, 9.17) is 13.7 Å². The molecule has 0 atom stereocenters. The Morgan fingerprint density at radius 3 is 2.41 bits per heavy atom. The van der Waals surface area contributed by atoms with Crippen LogP contribution < -0.4 is 4.90 Å². The second kappa shape index (κ2) is 9.47. The molecule has 0 aliphatic carbocycles. The van der Waals surface area contributed by atoms with Crippen molar-refractivity contribution in [1.29, 1.82) is 0 Å². The predicted octanol–water partition coefficient (Wildman–Crippen LogP) is 4.90. The molecule has 0 saturated heterocycles. The van der Waals surface area contributed by atoms with E-state index in [0.29, 0.717) is 22.6 Å². The van der Waals surface area contributed by atoms with E-state index in [1.165, 1.54) is 0 Å². The molecule has 0 spiro atoms. The minimum Gasteiger partial charge on any atom is -0.452 e. The van der Waals surface area contributed by atoms with Gasteiger partial charge in [-0.25, -0.2) is 4.79 Å². The van der Waals surface area contributed by atoms with Crippen molar-refractivity contribution in [2.45, 2.75) is 27.4 Å². The van der Waals surface area contributed by atoms with Crippen LogP contribution in [0.4, 0.5) is 5.69 Å². The first kappa shape index (κ1) is 21.3. The number of anilines is 1. The van der Waals surface area contributed by atoms with E-state index >= 15 is 0 Å². The van der Waals surface area contributed by atoms with Gasteiger partial charge in [-0.15, -0.1) is 10.2 Å². The highest BCUT2D eigenvalue weighted by Gasteiger charge is 2.22. The van der Waals surface area contributed by atoms with Crippen LogP contribution in [-0.4, -0.2) is 34.4 Å². The molecular formula is C24H24N4O4. The van der Waals surface area contributed by atoms with Crippen LogP contribution in [0.15, 0.2) is 63.5 Å². The predicted molar refractivity (Wildman–Crippen MR) is 119 cm³/mol. The first-order valence-corrected chi connectivity index (χ1v) is 10.5. The molecule has 164 valence electrons. The first-order valence-electron chi connectivity index (χ1n) is 10.5. The topological polar surface area (TPSA) is 94.5 Å². The summed E-state index contributed by atoms with van der Waals surface area (Å²) in [6.45, 7) is 7.63. The molecule has 2 aromatic heterocycles. The van der Waals surface area contributed by atoms with Gasteiger partial charge >= 0.3 is 5.97 Å². The Bertz CT molecular complexity index is 1180. The molecule has 4 aromatic rings. The van der Waals surface area contributed by atoms with Gasteiger partial charge in [-0.1, -0.05) is 35.5 Å². The van der Waals surface area contributed by atoms with Crippen molar-refractivity contribution >= 4 is 11.7 Å². The van der Waals surface area contributed by atoms with Gasteiger partial charge in [-0.05, 0) is 45.0 Å². The lowest BCUT2D eigenvalue weighted by molar-refractivity contribution is 0.0438. The molecule has 4 rings (SSSR count). The Kier molecular flexibility index (Phi) is 6.30. The van der Waals surface area contributed by atoms with E-state index in [1.54, 1.807) is 19.1 Å². The third-order valence-corrected chi connectivity index (χ3v) is 5.15. The van der Waals surface area contributed by atoms with Crippen molar-refractivity contribution in [2.75, 3.05) is 18.0 Å². The summed E-state index contributed by atoms with van der Waals surface area (Å²) in [5.41, 5.74) is 3.63. The van der Waals surface area contributed by atoms with Crippen LogP contribution in [0.25, 0.3) is 22.7 Å². The van der Waals surface area contributed by atoms with Gasteiger partial charge < -0.3 is 18.6 Å². The molecule has 32 heavy (non-hydrogen) atoms. The average molecular weight is 432 g/mol. The van der Waals surface area contributed by atoms with Gasteiger partial charge in [0.15, 0.2) is 6.61 Å². The van der Waals surface area contributed by atoms with E-state index < -0.39 is 5.97 Å². The van der Waals surface area contributed by atoms with Crippen LogP contribution >= 0.6 is 0 Å². The Balaban J connectivity index is 1.45. The Labute approximate surface area is 185 Å². The first-order chi connectivity index (χ1) is 15.6. The number of carbonyl (C=O) groups excluding carboxylic acids is 1. The van der Waals surface area contributed by atoms with Crippen LogP contribution in [-0.2, 0) is 11.3 Å². The summed E-state index contributed by atoms with van der Waals surface area (Å²) in [7, 11) is 0. The fourth-order valence-electron chi connectivity index (χ4n) is 3.44. The smallest absolute Gasteiger partial charge is 0.338 e. The largest absolute Gasteiger partial charge is 0.452 e. The lowest BCUT2D eigenvalue weighted by atomic mass is 10.1.